The van der Waals surface area contributed by atoms with Gasteiger partial charge in [-0.25, -0.2) is 0 Å². The SMILES string of the molecule is Cc1ccsc1CN(C)CCC(=O)Nc1ccc(N2CCOCC2)cc1. The molecule has 1 amide bonds. The molecule has 1 aliphatic rings. The van der Waals surface area contributed by atoms with Crippen LogP contribution in [0.2, 0.25) is 0 Å². The van der Waals surface area contributed by atoms with Gasteiger partial charge in [-0.2, -0.15) is 0 Å². The Morgan fingerprint density at radius 1 is 1.23 bits per heavy atom. The Labute approximate surface area is 159 Å². The second-order valence-electron chi connectivity index (χ2n) is 6.71. The first-order valence-electron chi connectivity index (χ1n) is 9.06. The molecule has 26 heavy (non-hydrogen) atoms. The van der Waals surface area contributed by atoms with Crippen molar-refractivity contribution in [3.63, 3.8) is 0 Å². The zero-order chi connectivity index (χ0) is 18.4. The topological polar surface area (TPSA) is 44.8 Å². The van der Waals surface area contributed by atoms with Gasteiger partial charge >= 0.3 is 0 Å². The van der Waals surface area contributed by atoms with Crippen molar-refractivity contribution in [3.05, 3.63) is 46.2 Å². The molecule has 2 aromatic rings. The van der Waals surface area contributed by atoms with Crippen LogP contribution in [-0.2, 0) is 16.1 Å². The lowest BCUT2D eigenvalue weighted by atomic mass is 10.2. The number of hydrogen-bond acceptors (Lipinski definition) is 5. The van der Waals surface area contributed by atoms with Crippen LogP contribution < -0.4 is 10.2 Å². The molecule has 2 heterocycles. The number of carbonyl (C=O) groups excluding carboxylic acids is 1. The van der Waals surface area contributed by atoms with Crippen molar-refractivity contribution in [1.82, 2.24) is 4.90 Å². The minimum atomic E-state index is 0.0545. The zero-order valence-corrected chi connectivity index (χ0v) is 16.3. The quantitative estimate of drug-likeness (QED) is 0.808. The molecule has 3 rings (SSSR count). The molecular formula is C20H27N3O2S. The zero-order valence-electron chi connectivity index (χ0n) is 15.5. The number of amides is 1. The van der Waals surface area contributed by atoms with Crippen LogP contribution in [0.4, 0.5) is 11.4 Å². The highest BCUT2D eigenvalue weighted by Gasteiger charge is 2.11. The number of thiophene rings is 1. The Morgan fingerprint density at radius 2 is 1.96 bits per heavy atom. The first-order chi connectivity index (χ1) is 12.6. The summed E-state index contributed by atoms with van der Waals surface area (Å²) in [5.41, 5.74) is 3.35. The average molecular weight is 374 g/mol. The van der Waals surface area contributed by atoms with E-state index in [1.54, 1.807) is 11.3 Å². The fourth-order valence-corrected chi connectivity index (χ4v) is 3.97. The van der Waals surface area contributed by atoms with E-state index >= 15 is 0 Å². The van der Waals surface area contributed by atoms with Crippen molar-refractivity contribution in [3.8, 4) is 0 Å². The van der Waals surface area contributed by atoms with Gasteiger partial charge in [0.25, 0.3) is 0 Å². The minimum Gasteiger partial charge on any atom is -0.378 e. The maximum Gasteiger partial charge on any atom is 0.225 e. The summed E-state index contributed by atoms with van der Waals surface area (Å²) >= 11 is 1.77. The summed E-state index contributed by atoms with van der Waals surface area (Å²) in [7, 11) is 2.06. The van der Waals surface area contributed by atoms with E-state index in [2.05, 4.69) is 52.7 Å². The van der Waals surface area contributed by atoms with Crippen LogP contribution in [0.25, 0.3) is 0 Å². The van der Waals surface area contributed by atoms with Gasteiger partial charge in [0.1, 0.15) is 0 Å². The molecule has 1 aliphatic heterocycles. The van der Waals surface area contributed by atoms with Crippen molar-refractivity contribution in [2.45, 2.75) is 19.9 Å². The molecule has 140 valence electrons. The van der Waals surface area contributed by atoms with Crippen LogP contribution in [0.1, 0.15) is 16.9 Å². The molecule has 1 saturated heterocycles. The van der Waals surface area contributed by atoms with Crippen molar-refractivity contribution in [2.24, 2.45) is 0 Å². The molecule has 0 bridgehead atoms. The second kappa shape index (κ2) is 9.16. The molecule has 5 nitrogen and oxygen atoms in total. The monoisotopic (exact) mass is 373 g/mol. The van der Waals surface area contributed by atoms with Crippen molar-refractivity contribution < 1.29 is 9.53 Å². The first kappa shape index (κ1) is 18.9. The molecular weight excluding hydrogens is 346 g/mol. The number of benzene rings is 1. The Kier molecular flexibility index (Phi) is 6.66. The summed E-state index contributed by atoms with van der Waals surface area (Å²) in [6, 6.07) is 10.2. The summed E-state index contributed by atoms with van der Waals surface area (Å²) in [6.45, 7) is 7.16. The highest BCUT2D eigenvalue weighted by molar-refractivity contribution is 7.10. The highest BCUT2D eigenvalue weighted by Crippen LogP contribution is 2.19. The average Bonchev–Trinajstić information content (AvgIpc) is 3.06. The van der Waals surface area contributed by atoms with E-state index in [0.29, 0.717) is 6.42 Å². The Hall–Kier alpha value is -1.89. The van der Waals surface area contributed by atoms with Gasteiger partial charge < -0.3 is 19.9 Å². The van der Waals surface area contributed by atoms with E-state index in [4.69, 9.17) is 4.74 Å². The molecule has 1 aromatic heterocycles. The number of carbonyl (C=O) groups is 1. The number of rotatable bonds is 7. The predicted octanol–water partition coefficient (Wildman–Crippen LogP) is 3.35. The normalized spacial score (nSPS) is 14.7. The van der Waals surface area contributed by atoms with Gasteiger partial charge in [0.2, 0.25) is 5.91 Å². The van der Waals surface area contributed by atoms with Crippen LogP contribution in [0.15, 0.2) is 35.7 Å². The molecule has 0 atom stereocenters. The van der Waals surface area contributed by atoms with Crippen LogP contribution in [-0.4, -0.2) is 50.7 Å². The van der Waals surface area contributed by atoms with Gasteiger partial charge in [0.05, 0.1) is 13.2 Å². The number of nitrogens with one attached hydrogen (secondary N) is 1. The number of hydrogen-bond donors (Lipinski definition) is 1. The van der Waals surface area contributed by atoms with Crippen molar-refractivity contribution in [2.75, 3.05) is 50.1 Å². The molecule has 1 aromatic carbocycles. The predicted molar refractivity (Wildman–Crippen MR) is 108 cm³/mol. The van der Waals surface area contributed by atoms with Gasteiger partial charge in [0, 0.05) is 48.9 Å². The standard InChI is InChI=1S/C20H27N3O2S/c1-16-8-14-26-19(16)15-22(2)9-7-20(24)21-17-3-5-18(6-4-17)23-10-12-25-13-11-23/h3-6,8,14H,7,9-13,15H2,1-2H3,(H,21,24). The van der Waals surface area contributed by atoms with Crippen molar-refractivity contribution >= 4 is 28.6 Å². The van der Waals surface area contributed by atoms with Crippen molar-refractivity contribution in [1.29, 1.82) is 0 Å². The Balaban J connectivity index is 1.43. The third kappa shape index (κ3) is 5.30. The van der Waals surface area contributed by atoms with E-state index in [1.165, 1.54) is 16.1 Å². The number of nitrogens with zero attached hydrogens (tertiary/aromatic N) is 2. The maximum atomic E-state index is 12.2. The van der Waals surface area contributed by atoms with Crippen LogP contribution in [0.3, 0.4) is 0 Å². The van der Waals surface area contributed by atoms with Gasteiger partial charge in [-0.15, -0.1) is 11.3 Å². The maximum absolute atomic E-state index is 12.2. The second-order valence-corrected chi connectivity index (χ2v) is 7.71. The van der Waals surface area contributed by atoms with E-state index in [1.807, 2.05) is 12.1 Å². The fraction of sp³-hybridized carbons (Fsp3) is 0.450. The summed E-state index contributed by atoms with van der Waals surface area (Å²) in [4.78, 5) is 18.1. The van der Waals surface area contributed by atoms with Gasteiger partial charge in [-0.3, -0.25) is 4.79 Å². The first-order valence-corrected chi connectivity index (χ1v) is 9.94. The summed E-state index contributed by atoms with van der Waals surface area (Å²) < 4.78 is 5.38. The minimum absolute atomic E-state index is 0.0545. The van der Waals surface area contributed by atoms with Gasteiger partial charge in [-0.05, 0) is 55.2 Å². The smallest absolute Gasteiger partial charge is 0.225 e. The van der Waals surface area contributed by atoms with Crippen LogP contribution in [0, 0.1) is 6.92 Å². The lowest BCUT2D eigenvalue weighted by molar-refractivity contribution is -0.116. The highest BCUT2D eigenvalue weighted by atomic mass is 32.1. The number of anilines is 2. The molecule has 6 heteroatoms. The largest absolute Gasteiger partial charge is 0.378 e. The molecule has 1 fully saturated rings. The van der Waals surface area contributed by atoms with E-state index in [0.717, 1.165) is 45.1 Å². The third-order valence-corrected chi connectivity index (χ3v) is 5.64. The molecule has 0 radical (unpaired) electrons. The van der Waals surface area contributed by atoms with Crippen LogP contribution in [0.5, 0.6) is 0 Å². The molecule has 0 spiro atoms. The Morgan fingerprint density at radius 3 is 2.62 bits per heavy atom. The summed E-state index contributed by atoms with van der Waals surface area (Å²) in [5, 5.41) is 5.11. The number of ether oxygens (including phenoxy) is 1. The molecule has 0 saturated carbocycles. The summed E-state index contributed by atoms with van der Waals surface area (Å²) in [6.07, 6.45) is 0.492. The Bertz CT molecular complexity index is 708. The summed E-state index contributed by atoms with van der Waals surface area (Å²) in [5.74, 6) is 0.0545. The van der Waals surface area contributed by atoms with E-state index in [9.17, 15) is 4.79 Å². The van der Waals surface area contributed by atoms with E-state index in [-0.39, 0.29) is 5.91 Å². The van der Waals surface area contributed by atoms with E-state index < -0.39 is 0 Å². The lowest BCUT2D eigenvalue weighted by Crippen LogP contribution is -2.36. The van der Waals surface area contributed by atoms with Gasteiger partial charge in [0.15, 0.2) is 0 Å². The fourth-order valence-electron chi connectivity index (χ4n) is 2.98. The molecule has 0 unspecified atom stereocenters. The van der Waals surface area contributed by atoms with Gasteiger partial charge in [-0.1, -0.05) is 0 Å². The number of morpholine rings is 1. The van der Waals surface area contributed by atoms with Crippen LogP contribution >= 0.6 is 11.3 Å². The lowest BCUT2D eigenvalue weighted by Gasteiger charge is -2.28. The molecule has 1 N–H and O–H groups in total. The number of aryl methyl sites for hydroxylation is 1. The third-order valence-electron chi connectivity index (χ3n) is 4.63. The molecule has 0 aliphatic carbocycles.